The first kappa shape index (κ1) is 40.5. The molecule has 6 aromatic rings. The molecule has 0 atom stereocenters. The number of carboxylic acid groups (broad SMARTS) is 2. The molecule has 0 aliphatic rings. The van der Waals surface area contributed by atoms with Crippen LogP contribution in [0, 0.1) is 37.1 Å². The predicted molar refractivity (Wildman–Crippen MR) is 194 cm³/mol. The monoisotopic (exact) mass is 798 g/mol. The van der Waals surface area contributed by atoms with Gasteiger partial charge in [0.15, 0.2) is 11.6 Å². The number of ether oxygens (including phenoxy) is 1. The van der Waals surface area contributed by atoms with Gasteiger partial charge >= 0.3 is 18.3 Å². The Bertz CT molecular complexity index is 2470. The van der Waals surface area contributed by atoms with Gasteiger partial charge in [0.2, 0.25) is 0 Å². The number of aromatic nitrogens is 2. The SMILES string of the molecule is Cc1c(-c2cccc(OC(F)(F)F)c2)cc(F)c(Nc2ncccc2C(=O)O)c1F.Cc1c(-c2ccccc2Cl)cc(F)c(Nc2ncccc2C(=O)O)c1F. The fourth-order valence-corrected chi connectivity index (χ4v) is 5.61. The number of pyridine rings is 2. The number of halogens is 8. The van der Waals surface area contributed by atoms with E-state index in [1.165, 1.54) is 62.6 Å². The maximum Gasteiger partial charge on any atom is 0.573 e. The smallest absolute Gasteiger partial charge is 0.478 e. The second-order valence-corrected chi connectivity index (χ2v) is 12.1. The lowest BCUT2D eigenvalue weighted by molar-refractivity contribution is -0.274. The number of alkyl halides is 3. The fourth-order valence-electron chi connectivity index (χ4n) is 5.38. The van der Waals surface area contributed by atoms with Crippen molar-refractivity contribution in [2.24, 2.45) is 0 Å². The van der Waals surface area contributed by atoms with Gasteiger partial charge in [-0.1, -0.05) is 41.9 Å². The van der Waals surface area contributed by atoms with E-state index < -0.39 is 58.7 Å². The number of aromatic carboxylic acids is 2. The lowest BCUT2D eigenvalue weighted by Crippen LogP contribution is -2.17. The van der Waals surface area contributed by atoms with E-state index in [0.717, 1.165) is 24.3 Å². The molecule has 0 spiro atoms. The molecule has 9 nitrogen and oxygen atoms in total. The van der Waals surface area contributed by atoms with E-state index in [1.54, 1.807) is 24.3 Å². The van der Waals surface area contributed by atoms with Crippen molar-refractivity contribution in [2.45, 2.75) is 20.2 Å². The van der Waals surface area contributed by atoms with E-state index in [0.29, 0.717) is 16.1 Å². The summed E-state index contributed by atoms with van der Waals surface area (Å²) in [5, 5.41) is 23.5. The zero-order chi connectivity index (χ0) is 40.9. The number of carboxylic acids is 2. The van der Waals surface area contributed by atoms with Crippen LogP contribution in [0.3, 0.4) is 0 Å². The second kappa shape index (κ2) is 16.8. The lowest BCUT2D eigenvalue weighted by Gasteiger charge is -2.15. The molecule has 288 valence electrons. The van der Waals surface area contributed by atoms with E-state index in [9.17, 15) is 50.5 Å². The number of hydrogen-bond acceptors (Lipinski definition) is 7. The minimum Gasteiger partial charge on any atom is -0.478 e. The summed E-state index contributed by atoms with van der Waals surface area (Å²) in [5.41, 5.74) is -0.583. The van der Waals surface area contributed by atoms with E-state index in [2.05, 4.69) is 25.3 Å². The van der Waals surface area contributed by atoms with E-state index in [-0.39, 0.29) is 45.0 Å². The lowest BCUT2D eigenvalue weighted by atomic mass is 9.98. The van der Waals surface area contributed by atoms with Crippen molar-refractivity contribution in [3.05, 3.63) is 148 Å². The Labute approximate surface area is 318 Å². The summed E-state index contributed by atoms with van der Waals surface area (Å²) in [6, 6.07) is 18.8. The van der Waals surface area contributed by atoms with Crippen LogP contribution in [0.2, 0.25) is 5.02 Å². The van der Waals surface area contributed by atoms with E-state index in [4.69, 9.17) is 11.6 Å². The summed E-state index contributed by atoms with van der Waals surface area (Å²) >= 11 is 6.12. The number of benzene rings is 4. The van der Waals surface area contributed by atoms with Crippen LogP contribution >= 0.6 is 11.6 Å². The van der Waals surface area contributed by atoms with Gasteiger partial charge in [0.1, 0.15) is 51.5 Å². The average Bonchev–Trinajstić information content (AvgIpc) is 3.15. The quantitative estimate of drug-likeness (QED) is 0.105. The Morgan fingerprint density at radius 3 is 1.66 bits per heavy atom. The summed E-state index contributed by atoms with van der Waals surface area (Å²) < 4.78 is 100. The van der Waals surface area contributed by atoms with Gasteiger partial charge in [-0.3, -0.25) is 0 Å². The van der Waals surface area contributed by atoms with Crippen LogP contribution in [0.25, 0.3) is 22.3 Å². The normalized spacial score (nSPS) is 11.0. The average molecular weight is 799 g/mol. The molecule has 0 amide bonds. The Hall–Kier alpha value is -6.68. The number of carbonyl (C=O) groups is 2. The summed E-state index contributed by atoms with van der Waals surface area (Å²) in [6.07, 6.45) is -2.34. The number of rotatable bonds is 9. The van der Waals surface area contributed by atoms with E-state index >= 15 is 0 Å². The Morgan fingerprint density at radius 2 is 1.16 bits per heavy atom. The van der Waals surface area contributed by atoms with Gasteiger partial charge in [0.25, 0.3) is 0 Å². The highest BCUT2D eigenvalue weighted by molar-refractivity contribution is 6.33. The van der Waals surface area contributed by atoms with Gasteiger partial charge in [0.05, 0.1) is 0 Å². The van der Waals surface area contributed by atoms with Gasteiger partial charge < -0.3 is 25.6 Å². The van der Waals surface area contributed by atoms with Crippen molar-refractivity contribution in [1.82, 2.24) is 9.97 Å². The second-order valence-electron chi connectivity index (χ2n) is 11.7. The molecule has 0 saturated heterocycles. The summed E-state index contributed by atoms with van der Waals surface area (Å²) in [4.78, 5) is 30.1. The van der Waals surface area contributed by atoms with Crippen LogP contribution in [0.4, 0.5) is 53.7 Å². The molecule has 0 saturated carbocycles. The Balaban J connectivity index is 0.000000216. The van der Waals surface area contributed by atoms with Crippen molar-refractivity contribution in [2.75, 3.05) is 10.6 Å². The third kappa shape index (κ3) is 9.15. The van der Waals surface area contributed by atoms with Crippen LogP contribution in [0.15, 0.2) is 97.3 Å². The maximum atomic E-state index is 14.9. The van der Waals surface area contributed by atoms with Crippen molar-refractivity contribution >= 4 is 46.6 Å². The standard InChI is InChI=1S/C20H13F5N2O3.C19H13ClF2N2O2/c1-10-14(11-4-2-5-12(8-11)30-20(23,24)25)9-15(21)17(16(10)22)27-18-13(19(28)29)6-3-7-26-18;1-10-13(11-5-2-3-7-14(11)20)9-15(21)17(16(10)22)24-18-12(19(25)26)6-4-8-23-18/h2-9H,1H3,(H,26,27)(H,28,29);2-9H,1H3,(H,23,24)(H,25,26). The van der Waals surface area contributed by atoms with Crippen LogP contribution in [-0.4, -0.2) is 38.5 Å². The van der Waals surface area contributed by atoms with E-state index in [1.807, 2.05) is 0 Å². The number of hydrogen-bond donors (Lipinski definition) is 4. The van der Waals surface area contributed by atoms with Crippen LogP contribution in [0.1, 0.15) is 31.8 Å². The molecule has 4 aromatic carbocycles. The molecule has 56 heavy (non-hydrogen) atoms. The van der Waals surface area contributed by atoms with Gasteiger partial charge in [0, 0.05) is 23.0 Å². The molecule has 0 bridgehead atoms. The minimum atomic E-state index is -4.91. The zero-order valence-corrected chi connectivity index (χ0v) is 29.5. The van der Waals surface area contributed by atoms with Crippen LogP contribution < -0.4 is 15.4 Å². The zero-order valence-electron chi connectivity index (χ0n) is 28.8. The molecule has 0 fully saturated rings. The third-order valence-electron chi connectivity index (χ3n) is 8.03. The summed E-state index contributed by atoms with van der Waals surface area (Å²) in [5.74, 6) is -7.43. The molecular weight excluding hydrogens is 773 g/mol. The first-order valence-corrected chi connectivity index (χ1v) is 16.3. The first-order valence-electron chi connectivity index (χ1n) is 16.0. The highest BCUT2D eigenvalue weighted by atomic mass is 35.5. The van der Waals surface area contributed by atoms with Gasteiger partial charge in [-0.15, -0.1) is 13.2 Å². The maximum absolute atomic E-state index is 14.9. The Morgan fingerprint density at radius 1 is 0.661 bits per heavy atom. The summed E-state index contributed by atoms with van der Waals surface area (Å²) in [6.45, 7) is 2.80. The van der Waals surface area contributed by atoms with Crippen molar-refractivity contribution in [3.8, 4) is 28.0 Å². The molecule has 6 rings (SSSR count). The van der Waals surface area contributed by atoms with Crippen molar-refractivity contribution in [1.29, 1.82) is 0 Å². The highest BCUT2D eigenvalue weighted by Crippen LogP contribution is 2.38. The topological polar surface area (TPSA) is 134 Å². The van der Waals surface area contributed by atoms with Crippen LogP contribution in [0.5, 0.6) is 5.75 Å². The summed E-state index contributed by atoms with van der Waals surface area (Å²) in [7, 11) is 0. The Kier molecular flexibility index (Phi) is 12.1. The molecule has 2 aromatic heterocycles. The fraction of sp³-hybridized carbons (Fsp3) is 0.0769. The molecule has 4 N–H and O–H groups in total. The van der Waals surface area contributed by atoms with Gasteiger partial charge in [-0.25, -0.2) is 37.1 Å². The molecule has 0 unspecified atom stereocenters. The molecule has 0 radical (unpaired) electrons. The molecule has 17 heteroatoms. The minimum absolute atomic E-state index is 0.00246. The molecular formula is C39H26ClF7N4O5. The highest BCUT2D eigenvalue weighted by Gasteiger charge is 2.31. The largest absolute Gasteiger partial charge is 0.573 e. The van der Waals surface area contributed by atoms with Crippen molar-refractivity contribution < 1.29 is 55.3 Å². The van der Waals surface area contributed by atoms with Crippen molar-refractivity contribution in [3.63, 3.8) is 0 Å². The first-order chi connectivity index (χ1) is 26.5. The molecule has 2 heterocycles. The van der Waals surface area contributed by atoms with Gasteiger partial charge in [-0.2, -0.15) is 0 Å². The number of nitrogens with one attached hydrogen (secondary N) is 2. The number of anilines is 4. The van der Waals surface area contributed by atoms with Crippen LogP contribution in [-0.2, 0) is 0 Å². The molecule has 0 aliphatic carbocycles. The third-order valence-corrected chi connectivity index (χ3v) is 8.36. The molecule has 0 aliphatic heterocycles. The predicted octanol–water partition coefficient (Wildman–Crippen LogP) is 11.1. The number of nitrogens with zero attached hydrogens (tertiary/aromatic N) is 2. The van der Waals surface area contributed by atoms with Gasteiger partial charge in [-0.05, 0) is 96.3 Å².